The standard InChI is InChI=1S/C16H13N5O3/c22-16-15(20-18-11-3-5-17-6-4-11)14(19-21-16)10-1-2-12-13(9-10)24-8-7-23-12/h1-6,9H,7-8H2,(H2,19,21,22). The largest absolute Gasteiger partial charge is 0.486 e. The van der Waals surface area contributed by atoms with Gasteiger partial charge in [0.2, 0.25) is 0 Å². The molecule has 4 rings (SSSR count). The fourth-order valence-electron chi connectivity index (χ4n) is 2.37. The van der Waals surface area contributed by atoms with Crippen LogP contribution < -0.4 is 15.0 Å². The number of fused-ring (bicyclic) bond motifs is 1. The number of nitrogens with one attached hydrogen (secondary N) is 2. The summed E-state index contributed by atoms with van der Waals surface area (Å²) in [6.45, 7) is 1.02. The van der Waals surface area contributed by atoms with Crippen LogP contribution >= 0.6 is 0 Å². The van der Waals surface area contributed by atoms with Crippen molar-refractivity contribution in [2.24, 2.45) is 10.2 Å². The third-order valence-corrected chi connectivity index (χ3v) is 3.51. The first-order chi connectivity index (χ1) is 11.8. The summed E-state index contributed by atoms with van der Waals surface area (Å²) in [7, 11) is 0. The molecule has 0 saturated heterocycles. The highest BCUT2D eigenvalue weighted by atomic mass is 16.6. The number of pyridine rings is 1. The normalized spacial score (nSPS) is 13.3. The number of hydrogen-bond acceptors (Lipinski definition) is 6. The maximum Gasteiger partial charge on any atom is 0.292 e. The van der Waals surface area contributed by atoms with Crippen molar-refractivity contribution in [1.82, 2.24) is 15.2 Å². The first kappa shape index (κ1) is 14.2. The molecule has 0 fully saturated rings. The summed E-state index contributed by atoms with van der Waals surface area (Å²) < 4.78 is 11.1. The predicted octanol–water partition coefficient (Wildman–Crippen LogP) is 2.95. The Balaban J connectivity index is 1.72. The second-order valence-corrected chi connectivity index (χ2v) is 5.07. The van der Waals surface area contributed by atoms with Crippen molar-refractivity contribution in [3.05, 3.63) is 53.1 Å². The van der Waals surface area contributed by atoms with Gasteiger partial charge in [0.15, 0.2) is 17.2 Å². The number of azo groups is 1. The van der Waals surface area contributed by atoms with Crippen molar-refractivity contribution in [2.45, 2.75) is 0 Å². The number of H-pyrrole nitrogens is 2. The molecule has 1 aromatic carbocycles. The number of rotatable bonds is 3. The van der Waals surface area contributed by atoms with Crippen LogP contribution in [-0.4, -0.2) is 28.4 Å². The van der Waals surface area contributed by atoms with E-state index in [0.29, 0.717) is 36.1 Å². The molecule has 0 radical (unpaired) electrons. The van der Waals surface area contributed by atoms with Crippen molar-refractivity contribution < 1.29 is 9.47 Å². The van der Waals surface area contributed by atoms with Gasteiger partial charge < -0.3 is 9.47 Å². The average Bonchev–Trinajstić information content (AvgIpc) is 3.01. The molecule has 8 heteroatoms. The number of aromatic nitrogens is 3. The minimum Gasteiger partial charge on any atom is -0.486 e. The Kier molecular flexibility index (Phi) is 3.54. The van der Waals surface area contributed by atoms with Gasteiger partial charge in [-0.05, 0) is 30.3 Å². The Labute approximate surface area is 136 Å². The minimum atomic E-state index is -0.349. The van der Waals surface area contributed by atoms with Gasteiger partial charge in [-0.2, -0.15) is 5.11 Å². The molecule has 0 unspecified atom stereocenters. The van der Waals surface area contributed by atoms with E-state index in [0.717, 1.165) is 5.56 Å². The molecule has 0 spiro atoms. The molecule has 120 valence electrons. The SMILES string of the molecule is O=c1[nH][nH]c(-c2ccc3c(c2)OCCO3)c1N=Nc1ccncc1. The van der Waals surface area contributed by atoms with E-state index in [-0.39, 0.29) is 11.2 Å². The summed E-state index contributed by atoms with van der Waals surface area (Å²) in [5.41, 5.74) is 1.75. The van der Waals surface area contributed by atoms with Gasteiger partial charge in [0, 0.05) is 18.0 Å². The monoisotopic (exact) mass is 323 g/mol. The summed E-state index contributed by atoms with van der Waals surface area (Å²) in [5, 5.41) is 13.5. The minimum absolute atomic E-state index is 0.198. The molecule has 2 aromatic heterocycles. The average molecular weight is 323 g/mol. The molecule has 0 aliphatic carbocycles. The molecule has 3 heterocycles. The second kappa shape index (κ2) is 5.99. The highest BCUT2D eigenvalue weighted by molar-refractivity contribution is 5.73. The Hall–Kier alpha value is -3.42. The Morgan fingerprint density at radius 3 is 2.58 bits per heavy atom. The molecule has 1 aliphatic rings. The summed E-state index contributed by atoms with van der Waals surface area (Å²) in [6.07, 6.45) is 3.22. The van der Waals surface area contributed by atoms with E-state index in [1.54, 1.807) is 36.7 Å². The van der Waals surface area contributed by atoms with Gasteiger partial charge in [-0.15, -0.1) is 5.11 Å². The van der Waals surface area contributed by atoms with Crippen LogP contribution in [-0.2, 0) is 0 Å². The van der Waals surface area contributed by atoms with Gasteiger partial charge in [-0.1, -0.05) is 0 Å². The van der Waals surface area contributed by atoms with Crippen LogP contribution in [0.25, 0.3) is 11.3 Å². The van der Waals surface area contributed by atoms with Crippen LogP contribution in [0.3, 0.4) is 0 Å². The number of nitrogens with zero attached hydrogens (tertiary/aromatic N) is 3. The Bertz CT molecular complexity index is 946. The molecule has 24 heavy (non-hydrogen) atoms. The van der Waals surface area contributed by atoms with Gasteiger partial charge in [-0.3, -0.25) is 20.0 Å². The summed E-state index contributed by atoms with van der Waals surface area (Å²) >= 11 is 0. The second-order valence-electron chi connectivity index (χ2n) is 5.07. The van der Waals surface area contributed by atoms with E-state index >= 15 is 0 Å². The summed E-state index contributed by atoms with van der Waals surface area (Å²) in [6, 6.07) is 8.85. The van der Waals surface area contributed by atoms with E-state index in [1.165, 1.54) is 0 Å². The maximum absolute atomic E-state index is 12.0. The zero-order valence-corrected chi connectivity index (χ0v) is 12.5. The van der Waals surface area contributed by atoms with E-state index in [4.69, 9.17) is 9.47 Å². The molecular formula is C16H13N5O3. The summed E-state index contributed by atoms with van der Waals surface area (Å²) in [5.74, 6) is 1.32. The topological polar surface area (TPSA) is 105 Å². The quantitative estimate of drug-likeness (QED) is 0.723. The van der Waals surface area contributed by atoms with Crippen LogP contribution in [0.4, 0.5) is 11.4 Å². The fourth-order valence-corrected chi connectivity index (χ4v) is 2.37. The number of aromatic amines is 2. The number of hydrogen-bond donors (Lipinski definition) is 2. The lowest BCUT2D eigenvalue weighted by molar-refractivity contribution is 0.171. The maximum atomic E-state index is 12.0. The zero-order valence-electron chi connectivity index (χ0n) is 12.5. The zero-order chi connectivity index (χ0) is 16.4. The smallest absolute Gasteiger partial charge is 0.292 e. The van der Waals surface area contributed by atoms with Crippen LogP contribution in [0.5, 0.6) is 11.5 Å². The highest BCUT2D eigenvalue weighted by Crippen LogP contribution is 2.36. The lowest BCUT2D eigenvalue weighted by Crippen LogP contribution is -2.15. The van der Waals surface area contributed by atoms with Gasteiger partial charge in [0.1, 0.15) is 13.2 Å². The van der Waals surface area contributed by atoms with Crippen LogP contribution in [0, 0.1) is 0 Å². The van der Waals surface area contributed by atoms with Crippen molar-refractivity contribution in [3.63, 3.8) is 0 Å². The van der Waals surface area contributed by atoms with Gasteiger partial charge >= 0.3 is 0 Å². The Morgan fingerprint density at radius 1 is 0.958 bits per heavy atom. The molecule has 2 N–H and O–H groups in total. The summed E-state index contributed by atoms with van der Waals surface area (Å²) in [4.78, 5) is 15.9. The molecule has 0 amide bonds. The fraction of sp³-hybridized carbons (Fsp3) is 0.125. The third kappa shape index (κ3) is 2.65. The lowest BCUT2D eigenvalue weighted by Gasteiger charge is -2.18. The van der Waals surface area contributed by atoms with E-state index < -0.39 is 0 Å². The van der Waals surface area contributed by atoms with Crippen molar-refractivity contribution in [1.29, 1.82) is 0 Å². The van der Waals surface area contributed by atoms with E-state index in [9.17, 15) is 4.79 Å². The van der Waals surface area contributed by atoms with Gasteiger partial charge in [0.05, 0.1) is 11.4 Å². The molecule has 8 nitrogen and oxygen atoms in total. The number of ether oxygens (including phenoxy) is 2. The van der Waals surface area contributed by atoms with Crippen molar-refractivity contribution in [3.8, 4) is 22.8 Å². The first-order valence-corrected chi connectivity index (χ1v) is 7.34. The van der Waals surface area contributed by atoms with E-state index in [2.05, 4.69) is 25.4 Å². The van der Waals surface area contributed by atoms with Crippen LogP contribution in [0.15, 0.2) is 57.7 Å². The lowest BCUT2D eigenvalue weighted by atomic mass is 10.1. The van der Waals surface area contributed by atoms with Crippen molar-refractivity contribution >= 4 is 11.4 Å². The third-order valence-electron chi connectivity index (χ3n) is 3.51. The predicted molar refractivity (Wildman–Crippen MR) is 86.3 cm³/mol. The van der Waals surface area contributed by atoms with Gasteiger partial charge in [-0.25, -0.2) is 0 Å². The van der Waals surface area contributed by atoms with Crippen LogP contribution in [0.2, 0.25) is 0 Å². The molecule has 0 atom stereocenters. The molecule has 0 saturated carbocycles. The van der Waals surface area contributed by atoms with E-state index in [1.807, 2.05) is 6.07 Å². The highest BCUT2D eigenvalue weighted by Gasteiger charge is 2.16. The molecule has 3 aromatic rings. The molecule has 0 bridgehead atoms. The Morgan fingerprint density at radius 2 is 1.75 bits per heavy atom. The number of benzene rings is 1. The van der Waals surface area contributed by atoms with Gasteiger partial charge in [0.25, 0.3) is 5.56 Å². The van der Waals surface area contributed by atoms with Crippen molar-refractivity contribution in [2.75, 3.05) is 13.2 Å². The molecule has 1 aliphatic heterocycles. The first-order valence-electron chi connectivity index (χ1n) is 7.34. The van der Waals surface area contributed by atoms with Crippen LogP contribution in [0.1, 0.15) is 0 Å². The molecular weight excluding hydrogens is 310 g/mol.